The van der Waals surface area contributed by atoms with Gasteiger partial charge in [-0.1, -0.05) is 23.7 Å². The average molecular weight is 213 g/mol. The lowest BCUT2D eigenvalue weighted by Crippen LogP contribution is -2.30. The van der Waals surface area contributed by atoms with E-state index in [0.29, 0.717) is 6.61 Å². The van der Waals surface area contributed by atoms with Crippen molar-refractivity contribution in [2.75, 3.05) is 19.8 Å². The Labute approximate surface area is 88.5 Å². The first kappa shape index (κ1) is 9.97. The SMILES string of the molecule is OC[C@@]1(c2ccc(Cl)cc2)CCOC1. The molecule has 0 bridgehead atoms. The Morgan fingerprint density at radius 3 is 2.57 bits per heavy atom. The molecule has 1 aliphatic rings. The molecular formula is C11H13ClO2. The first-order valence-electron chi connectivity index (χ1n) is 4.71. The Morgan fingerprint density at radius 2 is 2.07 bits per heavy atom. The van der Waals surface area contributed by atoms with Gasteiger partial charge in [0, 0.05) is 17.0 Å². The van der Waals surface area contributed by atoms with Crippen molar-refractivity contribution in [3.63, 3.8) is 0 Å². The van der Waals surface area contributed by atoms with Crippen molar-refractivity contribution in [2.24, 2.45) is 0 Å². The average Bonchev–Trinajstić information content (AvgIpc) is 2.68. The second kappa shape index (κ2) is 3.89. The van der Waals surface area contributed by atoms with Crippen LogP contribution in [-0.2, 0) is 10.2 Å². The van der Waals surface area contributed by atoms with E-state index < -0.39 is 0 Å². The maximum absolute atomic E-state index is 9.43. The lowest BCUT2D eigenvalue weighted by Gasteiger charge is -2.25. The predicted molar refractivity (Wildman–Crippen MR) is 55.7 cm³/mol. The van der Waals surface area contributed by atoms with Gasteiger partial charge in [0.1, 0.15) is 0 Å². The molecule has 2 nitrogen and oxygen atoms in total. The standard InChI is InChI=1S/C11H13ClO2/c12-10-3-1-9(2-4-10)11(7-13)5-6-14-8-11/h1-4,13H,5-8H2/t11-/m0/s1. The maximum Gasteiger partial charge on any atom is 0.0585 e. The van der Waals surface area contributed by atoms with Gasteiger partial charge in [0.2, 0.25) is 0 Å². The summed E-state index contributed by atoms with van der Waals surface area (Å²) in [7, 11) is 0. The molecule has 0 aromatic heterocycles. The van der Waals surface area contributed by atoms with Crippen LogP contribution < -0.4 is 0 Å². The molecule has 0 saturated carbocycles. The van der Waals surface area contributed by atoms with E-state index in [-0.39, 0.29) is 12.0 Å². The summed E-state index contributed by atoms with van der Waals surface area (Å²) >= 11 is 5.81. The van der Waals surface area contributed by atoms with Crippen molar-refractivity contribution in [1.29, 1.82) is 0 Å². The van der Waals surface area contributed by atoms with Crippen LogP contribution in [0.15, 0.2) is 24.3 Å². The molecule has 14 heavy (non-hydrogen) atoms. The predicted octanol–water partition coefficient (Wildman–Crippen LogP) is 1.99. The van der Waals surface area contributed by atoms with Gasteiger partial charge in [0.15, 0.2) is 0 Å². The minimum atomic E-state index is -0.204. The molecule has 1 aliphatic heterocycles. The Bertz CT molecular complexity index is 302. The van der Waals surface area contributed by atoms with Gasteiger partial charge in [0.05, 0.1) is 13.2 Å². The second-order valence-electron chi connectivity index (χ2n) is 3.75. The highest BCUT2D eigenvalue weighted by Crippen LogP contribution is 2.33. The molecule has 0 aliphatic carbocycles. The van der Waals surface area contributed by atoms with Gasteiger partial charge < -0.3 is 9.84 Å². The van der Waals surface area contributed by atoms with Crippen molar-refractivity contribution in [3.8, 4) is 0 Å². The van der Waals surface area contributed by atoms with Crippen molar-refractivity contribution < 1.29 is 9.84 Å². The molecule has 76 valence electrons. The van der Waals surface area contributed by atoms with Crippen LogP contribution in [0.4, 0.5) is 0 Å². The molecule has 1 aromatic carbocycles. The molecule has 1 atom stereocenters. The van der Waals surface area contributed by atoms with Gasteiger partial charge in [-0.2, -0.15) is 0 Å². The van der Waals surface area contributed by atoms with Crippen LogP contribution in [0.2, 0.25) is 5.02 Å². The molecule has 0 unspecified atom stereocenters. The highest BCUT2D eigenvalue weighted by molar-refractivity contribution is 6.30. The summed E-state index contributed by atoms with van der Waals surface area (Å²) in [6.07, 6.45) is 0.880. The summed E-state index contributed by atoms with van der Waals surface area (Å²) in [6, 6.07) is 7.64. The van der Waals surface area contributed by atoms with E-state index in [9.17, 15) is 5.11 Å². The highest BCUT2D eigenvalue weighted by Gasteiger charge is 2.35. The Morgan fingerprint density at radius 1 is 1.36 bits per heavy atom. The minimum absolute atomic E-state index is 0.134. The van der Waals surface area contributed by atoms with Gasteiger partial charge in [0.25, 0.3) is 0 Å². The number of hydrogen-bond donors (Lipinski definition) is 1. The maximum atomic E-state index is 9.43. The molecule has 0 spiro atoms. The monoisotopic (exact) mass is 212 g/mol. The van der Waals surface area contributed by atoms with E-state index in [2.05, 4.69) is 0 Å². The summed E-state index contributed by atoms with van der Waals surface area (Å²) in [5.74, 6) is 0. The molecule has 1 heterocycles. The third kappa shape index (κ3) is 1.65. The van der Waals surface area contributed by atoms with Crippen LogP contribution in [0, 0.1) is 0 Å². The number of hydrogen-bond acceptors (Lipinski definition) is 2. The second-order valence-corrected chi connectivity index (χ2v) is 4.18. The third-order valence-corrected chi connectivity index (χ3v) is 3.11. The first-order chi connectivity index (χ1) is 6.77. The topological polar surface area (TPSA) is 29.5 Å². The summed E-state index contributed by atoms with van der Waals surface area (Å²) in [5.41, 5.74) is 0.909. The summed E-state index contributed by atoms with van der Waals surface area (Å²) in [6.45, 7) is 1.46. The smallest absolute Gasteiger partial charge is 0.0585 e. The van der Waals surface area contributed by atoms with E-state index in [1.165, 1.54) is 0 Å². The quantitative estimate of drug-likeness (QED) is 0.813. The molecule has 2 rings (SSSR count). The fourth-order valence-corrected chi connectivity index (χ4v) is 1.98. The molecule has 3 heteroatoms. The number of benzene rings is 1. The van der Waals surface area contributed by atoms with Crippen LogP contribution in [0.5, 0.6) is 0 Å². The number of rotatable bonds is 2. The Balaban J connectivity index is 2.31. The van der Waals surface area contributed by atoms with E-state index in [1.54, 1.807) is 0 Å². The molecule has 0 amide bonds. The van der Waals surface area contributed by atoms with E-state index in [4.69, 9.17) is 16.3 Å². The lowest BCUT2D eigenvalue weighted by molar-refractivity contribution is 0.140. The zero-order chi connectivity index (χ0) is 10.0. The number of aliphatic hydroxyl groups excluding tert-OH is 1. The zero-order valence-corrected chi connectivity index (χ0v) is 8.63. The van der Waals surface area contributed by atoms with Crippen LogP contribution in [-0.4, -0.2) is 24.9 Å². The van der Waals surface area contributed by atoms with Gasteiger partial charge in [-0.15, -0.1) is 0 Å². The summed E-state index contributed by atoms with van der Waals surface area (Å²) < 4.78 is 5.34. The van der Waals surface area contributed by atoms with Crippen molar-refractivity contribution in [3.05, 3.63) is 34.9 Å². The van der Waals surface area contributed by atoms with Crippen LogP contribution >= 0.6 is 11.6 Å². The normalized spacial score (nSPS) is 26.7. The molecule has 0 radical (unpaired) electrons. The third-order valence-electron chi connectivity index (χ3n) is 2.86. The van der Waals surface area contributed by atoms with Crippen LogP contribution in [0.3, 0.4) is 0 Å². The van der Waals surface area contributed by atoms with E-state index >= 15 is 0 Å². The molecule has 1 saturated heterocycles. The van der Waals surface area contributed by atoms with Gasteiger partial charge in [-0.05, 0) is 24.1 Å². The number of halogens is 1. The first-order valence-corrected chi connectivity index (χ1v) is 5.09. The van der Waals surface area contributed by atoms with Gasteiger partial charge >= 0.3 is 0 Å². The Hall–Kier alpha value is -0.570. The minimum Gasteiger partial charge on any atom is -0.395 e. The molecule has 1 aromatic rings. The van der Waals surface area contributed by atoms with Crippen molar-refractivity contribution in [1.82, 2.24) is 0 Å². The largest absolute Gasteiger partial charge is 0.395 e. The summed E-state index contributed by atoms with van der Waals surface area (Å²) in [4.78, 5) is 0. The fraction of sp³-hybridized carbons (Fsp3) is 0.455. The van der Waals surface area contributed by atoms with Gasteiger partial charge in [-0.25, -0.2) is 0 Å². The Kier molecular flexibility index (Phi) is 2.77. The molecule has 1 N–H and O–H groups in total. The fourth-order valence-electron chi connectivity index (χ4n) is 1.85. The number of aliphatic hydroxyl groups is 1. The van der Waals surface area contributed by atoms with Gasteiger partial charge in [-0.3, -0.25) is 0 Å². The van der Waals surface area contributed by atoms with Crippen molar-refractivity contribution in [2.45, 2.75) is 11.8 Å². The highest BCUT2D eigenvalue weighted by atomic mass is 35.5. The molecular weight excluding hydrogens is 200 g/mol. The molecule has 1 fully saturated rings. The van der Waals surface area contributed by atoms with E-state index in [0.717, 1.165) is 23.6 Å². The lowest BCUT2D eigenvalue weighted by atomic mass is 9.81. The zero-order valence-electron chi connectivity index (χ0n) is 7.87. The van der Waals surface area contributed by atoms with E-state index in [1.807, 2.05) is 24.3 Å². The number of ether oxygens (including phenoxy) is 1. The summed E-state index contributed by atoms with van der Waals surface area (Å²) in [5, 5.41) is 10.1. The van der Waals surface area contributed by atoms with Crippen LogP contribution in [0.1, 0.15) is 12.0 Å². The van der Waals surface area contributed by atoms with Crippen LogP contribution in [0.25, 0.3) is 0 Å². The van der Waals surface area contributed by atoms with Crippen molar-refractivity contribution >= 4 is 11.6 Å².